The quantitative estimate of drug-likeness (QED) is 0.719. The van der Waals surface area contributed by atoms with Gasteiger partial charge in [-0.1, -0.05) is 0 Å². The Labute approximate surface area is 102 Å². The molecule has 88 valence electrons. The second kappa shape index (κ2) is 3.96. The minimum atomic E-state index is -0.988. The van der Waals surface area contributed by atoms with Crippen molar-refractivity contribution in [1.82, 2.24) is 15.0 Å². The highest BCUT2D eigenvalue weighted by atomic mass is 16.4. The average molecular weight is 239 g/mol. The Morgan fingerprint density at radius 3 is 2.67 bits per heavy atom. The minimum absolute atomic E-state index is 0.143. The molecule has 0 spiro atoms. The molecule has 0 aliphatic rings. The van der Waals surface area contributed by atoms with E-state index in [0.29, 0.717) is 5.65 Å². The zero-order valence-corrected chi connectivity index (χ0v) is 9.29. The number of carboxylic acid groups (broad SMARTS) is 1. The van der Waals surface area contributed by atoms with Gasteiger partial charge in [-0.25, -0.2) is 9.78 Å². The minimum Gasteiger partial charge on any atom is -0.477 e. The van der Waals surface area contributed by atoms with Gasteiger partial charge < -0.3 is 10.1 Å². The van der Waals surface area contributed by atoms with Crippen molar-refractivity contribution in [2.24, 2.45) is 0 Å². The van der Waals surface area contributed by atoms with E-state index in [1.807, 2.05) is 24.3 Å². The fourth-order valence-electron chi connectivity index (χ4n) is 1.80. The summed E-state index contributed by atoms with van der Waals surface area (Å²) < 4.78 is 0. The van der Waals surface area contributed by atoms with Gasteiger partial charge in [-0.3, -0.25) is 4.98 Å². The molecule has 0 aliphatic carbocycles. The number of H-pyrrole nitrogens is 1. The number of nitrogens with one attached hydrogen (secondary N) is 1. The number of fused-ring (bicyclic) bond motifs is 1. The largest absolute Gasteiger partial charge is 0.477 e. The Balaban J connectivity index is 2.14. The molecule has 18 heavy (non-hydrogen) atoms. The van der Waals surface area contributed by atoms with Gasteiger partial charge in [-0.2, -0.15) is 0 Å². The number of pyridine rings is 2. The van der Waals surface area contributed by atoms with Gasteiger partial charge in [-0.05, 0) is 30.3 Å². The lowest BCUT2D eigenvalue weighted by Gasteiger charge is -1.99. The van der Waals surface area contributed by atoms with E-state index in [-0.39, 0.29) is 5.69 Å². The van der Waals surface area contributed by atoms with Crippen LogP contribution in [0.3, 0.4) is 0 Å². The molecule has 3 rings (SSSR count). The van der Waals surface area contributed by atoms with E-state index in [4.69, 9.17) is 5.11 Å². The summed E-state index contributed by atoms with van der Waals surface area (Å²) in [6, 6.07) is 8.99. The van der Waals surface area contributed by atoms with Crippen molar-refractivity contribution >= 4 is 17.0 Å². The van der Waals surface area contributed by atoms with Crippen LogP contribution in [0.1, 0.15) is 10.5 Å². The molecule has 3 aromatic rings. The summed E-state index contributed by atoms with van der Waals surface area (Å²) in [5, 5.41) is 9.69. The number of rotatable bonds is 2. The van der Waals surface area contributed by atoms with Crippen molar-refractivity contribution in [1.29, 1.82) is 0 Å². The van der Waals surface area contributed by atoms with Crippen LogP contribution in [-0.2, 0) is 0 Å². The molecule has 0 saturated carbocycles. The van der Waals surface area contributed by atoms with Gasteiger partial charge in [0.1, 0.15) is 11.3 Å². The fraction of sp³-hybridized carbons (Fsp3) is 0. The maximum atomic E-state index is 10.9. The van der Waals surface area contributed by atoms with E-state index in [1.165, 1.54) is 0 Å². The molecule has 3 aromatic heterocycles. The van der Waals surface area contributed by atoms with Crippen molar-refractivity contribution < 1.29 is 9.90 Å². The van der Waals surface area contributed by atoms with Crippen LogP contribution in [0.2, 0.25) is 0 Å². The van der Waals surface area contributed by atoms with E-state index in [2.05, 4.69) is 15.0 Å². The normalized spacial score (nSPS) is 10.7. The molecular formula is C13H9N3O2. The highest BCUT2D eigenvalue weighted by molar-refractivity contribution is 5.93. The maximum absolute atomic E-state index is 10.9. The lowest BCUT2D eigenvalue weighted by Crippen LogP contribution is -1.95. The Bertz CT molecular complexity index is 719. The third kappa shape index (κ3) is 1.71. The van der Waals surface area contributed by atoms with E-state index >= 15 is 0 Å². The van der Waals surface area contributed by atoms with Gasteiger partial charge in [-0.15, -0.1) is 0 Å². The molecule has 0 atom stereocenters. The first kappa shape index (κ1) is 10.5. The molecule has 0 amide bonds. The molecule has 0 fully saturated rings. The molecule has 0 aromatic carbocycles. The molecule has 0 unspecified atom stereocenters. The first-order valence-electron chi connectivity index (χ1n) is 5.37. The summed E-state index contributed by atoms with van der Waals surface area (Å²) in [6.07, 6.45) is 3.39. The average Bonchev–Trinajstić information content (AvgIpc) is 2.82. The van der Waals surface area contributed by atoms with Crippen LogP contribution >= 0.6 is 0 Å². The van der Waals surface area contributed by atoms with E-state index < -0.39 is 5.97 Å². The lowest BCUT2D eigenvalue weighted by molar-refractivity contribution is 0.0691. The topological polar surface area (TPSA) is 78.9 Å². The van der Waals surface area contributed by atoms with Gasteiger partial charge in [0.15, 0.2) is 0 Å². The number of carbonyl (C=O) groups is 1. The smallest absolute Gasteiger partial charge is 0.352 e. The predicted molar refractivity (Wildman–Crippen MR) is 66.3 cm³/mol. The van der Waals surface area contributed by atoms with Crippen LogP contribution in [0, 0.1) is 0 Å². The number of hydrogen-bond acceptors (Lipinski definition) is 3. The summed E-state index contributed by atoms with van der Waals surface area (Å²) in [4.78, 5) is 22.0. The van der Waals surface area contributed by atoms with Crippen LogP contribution in [0.15, 0.2) is 42.7 Å². The van der Waals surface area contributed by atoms with Crippen molar-refractivity contribution in [2.45, 2.75) is 0 Å². The number of aromatic nitrogens is 3. The van der Waals surface area contributed by atoms with Crippen LogP contribution in [-0.4, -0.2) is 26.0 Å². The molecule has 2 N–H and O–H groups in total. The fourth-order valence-corrected chi connectivity index (χ4v) is 1.80. The van der Waals surface area contributed by atoms with Crippen molar-refractivity contribution in [3.05, 3.63) is 48.4 Å². The van der Waals surface area contributed by atoms with Crippen LogP contribution in [0.4, 0.5) is 0 Å². The number of carboxylic acids is 1. The molecule has 0 aliphatic heterocycles. The van der Waals surface area contributed by atoms with Crippen molar-refractivity contribution in [2.75, 3.05) is 0 Å². The molecule has 3 heterocycles. The Morgan fingerprint density at radius 2 is 1.94 bits per heavy atom. The SMILES string of the molecule is O=C(O)c1cc2ccc(-c3ccncc3)nc2[nH]1. The van der Waals surface area contributed by atoms with E-state index in [9.17, 15) is 4.79 Å². The predicted octanol–water partition coefficient (Wildman–Crippen LogP) is 2.32. The lowest BCUT2D eigenvalue weighted by atomic mass is 10.1. The summed E-state index contributed by atoms with van der Waals surface area (Å²) in [6.45, 7) is 0. The number of hydrogen-bond donors (Lipinski definition) is 2. The molecule has 5 heteroatoms. The zero-order chi connectivity index (χ0) is 12.5. The highest BCUT2D eigenvalue weighted by Crippen LogP contribution is 2.20. The third-order valence-corrected chi connectivity index (χ3v) is 2.69. The van der Waals surface area contributed by atoms with E-state index in [1.54, 1.807) is 18.5 Å². The summed E-state index contributed by atoms with van der Waals surface area (Å²) in [7, 11) is 0. The Morgan fingerprint density at radius 1 is 1.17 bits per heavy atom. The van der Waals surface area contributed by atoms with Crippen molar-refractivity contribution in [3.8, 4) is 11.3 Å². The van der Waals surface area contributed by atoms with Gasteiger partial charge in [0.2, 0.25) is 0 Å². The van der Waals surface area contributed by atoms with E-state index in [0.717, 1.165) is 16.6 Å². The first-order valence-corrected chi connectivity index (χ1v) is 5.37. The van der Waals surface area contributed by atoms with Gasteiger partial charge in [0.25, 0.3) is 0 Å². The molecule has 0 bridgehead atoms. The van der Waals surface area contributed by atoms with Crippen LogP contribution in [0.25, 0.3) is 22.3 Å². The van der Waals surface area contributed by atoms with Gasteiger partial charge in [0.05, 0.1) is 5.69 Å². The second-order valence-electron chi connectivity index (χ2n) is 3.86. The number of aromatic carboxylic acids is 1. The molecule has 0 saturated heterocycles. The van der Waals surface area contributed by atoms with Gasteiger partial charge in [0, 0.05) is 23.3 Å². The maximum Gasteiger partial charge on any atom is 0.352 e. The van der Waals surface area contributed by atoms with Crippen molar-refractivity contribution in [3.63, 3.8) is 0 Å². The number of nitrogens with zero attached hydrogens (tertiary/aromatic N) is 2. The molecular weight excluding hydrogens is 230 g/mol. The zero-order valence-electron chi connectivity index (χ0n) is 9.29. The summed E-state index contributed by atoms with van der Waals surface area (Å²) >= 11 is 0. The highest BCUT2D eigenvalue weighted by Gasteiger charge is 2.09. The Kier molecular flexibility index (Phi) is 2.30. The Hall–Kier alpha value is -2.69. The standard InChI is InChI=1S/C13H9N3O2/c17-13(18)11-7-9-1-2-10(15-12(9)16-11)8-3-5-14-6-4-8/h1-7H,(H,15,16)(H,17,18). The van der Waals surface area contributed by atoms with Crippen LogP contribution in [0.5, 0.6) is 0 Å². The summed E-state index contributed by atoms with van der Waals surface area (Å²) in [5.74, 6) is -0.988. The second-order valence-corrected chi connectivity index (χ2v) is 3.86. The van der Waals surface area contributed by atoms with Gasteiger partial charge >= 0.3 is 5.97 Å². The third-order valence-electron chi connectivity index (χ3n) is 2.69. The van der Waals surface area contributed by atoms with Crippen LogP contribution < -0.4 is 0 Å². The summed E-state index contributed by atoms with van der Waals surface area (Å²) in [5.41, 5.74) is 2.44. The molecule has 5 nitrogen and oxygen atoms in total. The number of aromatic amines is 1. The molecule has 0 radical (unpaired) electrons. The first-order chi connectivity index (χ1) is 8.74. The monoisotopic (exact) mass is 239 g/mol.